The van der Waals surface area contributed by atoms with E-state index in [1.807, 2.05) is 13.0 Å². The van der Waals surface area contributed by atoms with E-state index in [2.05, 4.69) is 5.32 Å². The Labute approximate surface area is 208 Å². The molecule has 0 aromatic heterocycles. The molecule has 0 radical (unpaired) electrons. The van der Waals surface area contributed by atoms with Crippen LogP contribution in [0.25, 0.3) is 0 Å². The van der Waals surface area contributed by atoms with Gasteiger partial charge < -0.3 is 19.7 Å². The van der Waals surface area contributed by atoms with E-state index >= 15 is 0 Å². The average Bonchev–Trinajstić information content (AvgIpc) is 2.84. The molecule has 9 nitrogen and oxygen atoms in total. The molecule has 0 bridgehead atoms. The van der Waals surface area contributed by atoms with E-state index in [0.717, 1.165) is 22.5 Å². The summed E-state index contributed by atoms with van der Waals surface area (Å²) in [6.07, 6.45) is 1.78. The SMILES string of the molecule is CCCNC(=O)[C@H](C)N(Cc1cccc(OC)c1)C(=O)CN(c1ccccc1OCC)S(C)(=O)=O. The van der Waals surface area contributed by atoms with E-state index in [1.165, 1.54) is 4.90 Å². The fraction of sp³-hybridized carbons (Fsp3) is 0.440. The number of para-hydroxylation sites is 2. The smallest absolute Gasteiger partial charge is 0.244 e. The Bertz CT molecular complexity index is 1110. The van der Waals surface area contributed by atoms with E-state index < -0.39 is 28.5 Å². The first-order valence-corrected chi connectivity index (χ1v) is 13.4. The van der Waals surface area contributed by atoms with Crippen molar-refractivity contribution >= 4 is 27.5 Å². The fourth-order valence-electron chi connectivity index (χ4n) is 3.48. The standard InChI is InChI=1S/C25H35N3O6S/c1-6-15-26-25(30)19(3)27(17-20-11-10-12-21(16-20)33-4)24(29)18-28(35(5,31)32)22-13-8-9-14-23(22)34-7-2/h8-14,16,19H,6-7,15,17-18H2,1-5H3,(H,26,30)/t19-/m0/s1. The van der Waals surface area contributed by atoms with Crippen LogP contribution in [0, 0.1) is 0 Å². The van der Waals surface area contributed by atoms with Crippen LogP contribution in [0.3, 0.4) is 0 Å². The van der Waals surface area contributed by atoms with Crippen molar-refractivity contribution in [3.8, 4) is 11.5 Å². The van der Waals surface area contributed by atoms with Crippen LogP contribution in [-0.4, -0.2) is 64.2 Å². The second-order valence-corrected chi connectivity index (χ2v) is 9.92. The predicted molar refractivity (Wildman–Crippen MR) is 136 cm³/mol. The van der Waals surface area contributed by atoms with Crippen molar-refractivity contribution in [3.05, 3.63) is 54.1 Å². The van der Waals surface area contributed by atoms with Gasteiger partial charge in [-0.05, 0) is 50.1 Å². The summed E-state index contributed by atoms with van der Waals surface area (Å²) >= 11 is 0. The van der Waals surface area contributed by atoms with Gasteiger partial charge in [0.15, 0.2) is 0 Å². The Morgan fingerprint density at radius 1 is 1.09 bits per heavy atom. The first-order valence-electron chi connectivity index (χ1n) is 11.5. The summed E-state index contributed by atoms with van der Waals surface area (Å²) in [4.78, 5) is 27.7. The molecule has 0 spiro atoms. The topological polar surface area (TPSA) is 105 Å². The van der Waals surface area contributed by atoms with Crippen LogP contribution in [-0.2, 0) is 26.2 Å². The van der Waals surface area contributed by atoms with Crippen molar-refractivity contribution in [3.63, 3.8) is 0 Å². The summed E-state index contributed by atoms with van der Waals surface area (Å²) in [6.45, 7) is 5.77. The Kier molecular flexibility index (Phi) is 10.4. The highest BCUT2D eigenvalue weighted by molar-refractivity contribution is 7.92. The molecule has 0 fully saturated rings. The molecule has 0 unspecified atom stereocenters. The molecule has 0 heterocycles. The van der Waals surface area contributed by atoms with Crippen LogP contribution in [0.2, 0.25) is 0 Å². The molecule has 10 heteroatoms. The quantitative estimate of drug-likeness (QED) is 0.449. The number of hydrogen-bond donors (Lipinski definition) is 1. The van der Waals surface area contributed by atoms with Crippen LogP contribution in [0.1, 0.15) is 32.8 Å². The Hall–Kier alpha value is -3.27. The molecule has 192 valence electrons. The molecule has 2 amide bonds. The molecular formula is C25H35N3O6S. The van der Waals surface area contributed by atoms with E-state index in [0.29, 0.717) is 24.7 Å². The largest absolute Gasteiger partial charge is 0.497 e. The van der Waals surface area contributed by atoms with Gasteiger partial charge in [0.1, 0.15) is 24.1 Å². The lowest BCUT2D eigenvalue weighted by atomic mass is 10.1. The van der Waals surface area contributed by atoms with Crippen molar-refractivity contribution in [2.45, 2.75) is 39.8 Å². The normalized spacial score (nSPS) is 11.9. The Morgan fingerprint density at radius 2 is 1.80 bits per heavy atom. The average molecular weight is 506 g/mol. The van der Waals surface area contributed by atoms with Crippen LogP contribution >= 0.6 is 0 Å². The van der Waals surface area contributed by atoms with Crippen molar-refractivity contribution in [2.75, 3.05) is 37.4 Å². The van der Waals surface area contributed by atoms with E-state index in [-0.39, 0.29) is 18.1 Å². The number of nitrogens with zero attached hydrogens (tertiary/aromatic N) is 2. The van der Waals surface area contributed by atoms with Gasteiger partial charge in [0.25, 0.3) is 0 Å². The third-order valence-electron chi connectivity index (χ3n) is 5.32. The molecular weight excluding hydrogens is 470 g/mol. The van der Waals surface area contributed by atoms with Crippen LogP contribution in [0.15, 0.2) is 48.5 Å². The molecule has 0 aliphatic heterocycles. The third-order valence-corrected chi connectivity index (χ3v) is 6.44. The van der Waals surface area contributed by atoms with E-state index in [4.69, 9.17) is 9.47 Å². The van der Waals surface area contributed by atoms with Crippen LogP contribution < -0.4 is 19.1 Å². The number of carbonyl (C=O) groups excluding carboxylic acids is 2. The number of amides is 2. The van der Waals surface area contributed by atoms with Gasteiger partial charge in [-0.15, -0.1) is 0 Å². The van der Waals surface area contributed by atoms with Gasteiger partial charge in [-0.2, -0.15) is 0 Å². The summed E-state index contributed by atoms with van der Waals surface area (Å²) in [5.74, 6) is 0.120. The van der Waals surface area contributed by atoms with Gasteiger partial charge in [0.05, 0.1) is 25.7 Å². The van der Waals surface area contributed by atoms with Crippen molar-refractivity contribution < 1.29 is 27.5 Å². The zero-order chi connectivity index (χ0) is 26.0. The van der Waals surface area contributed by atoms with Crippen molar-refractivity contribution in [2.24, 2.45) is 0 Å². The lowest BCUT2D eigenvalue weighted by Gasteiger charge is -2.32. The molecule has 0 aliphatic rings. The van der Waals surface area contributed by atoms with Gasteiger partial charge in [0, 0.05) is 13.1 Å². The number of ether oxygens (including phenoxy) is 2. The second-order valence-electron chi connectivity index (χ2n) is 8.01. The molecule has 2 aromatic carbocycles. The number of hydrogen-bond acceptors (Lipinski definition) is 6. The summed E-state index contributed by atoms with van der Waals surface area (Å²) < 4.78 is 37.4. The highest BCUT2D eigenvalue weighted by atomic mass is 32.2. The second kappa shape index (κ2) is 13.0. The highest BCUT2D eigenvalue weighted by Crippen LogP contribution is 2.30. The minimum Gasteiger partial charge on any atom is -0.497 e. The molecule has 1 N–H and O–H groups in total. The maximum Gasteiger partial charge on any atom is 0.244 e. The molecule has 2 rings (SSSR count). The minimum atomic E-state index is -3.85. The zero-order valence-corrected chi connectivity index (χ0v) is 21.8. The van der Waals surface area contributed by atoms with Crippen molar-refractivity contribution in [1.82, 2.24) is 10.2 Å². The minimum absolute atomic E-state index is 0.0987. The van der Waals surface area contributed by atoms with Gasteiger partial charge in [-0.25, -0.2) is 8.42 Å². The van der Waals surface area contributed by atoms with E-state index in [1.54, 1.807) is 63.4 Å². The molecule has 0 saturated carbocycles. The maximum atomic E-state index is 13.6. The molecule has 0 aliphatic carbocycles. The molecule has 2 aromatic rings. The molecule has 1 atom stereocenters. The fourth-order valence-corrected chi connectivity index (χ4v) is 4.33. The number of rotatable bonds is 13. The molecule has 0 saturated heterocycles. The highest BCUT2D eigenvalue weighted by Gasteiger charge is 2.31. The van der Waals surface area contributed by atoms with E-state index in [9.17, 15) is 18.0 Å². The lowest BCUT2D eigenvalue weighted by Crippen LogP contribution is -2.51. The van der Waals surface area contributed by atoms with Crippen molar-refractivity contribution in [1.29, 1.82) is 0 Å². The molecule has 35 heavy (non-hydrogen) atoms. The Balaban J connectivity index is 2.43. The van der Waals surface area contributed by atoms with Gasteiger partial charge >= 0.3 is 0 Å². The van der Waals surface area contributed by atoms with Gasteiger partial charge in [-0.1, -0.05) is 31.2 Å². The summed E-state index contributed by atoms with van der Waals surface area (Å²) in [7, 11) is -2.30. The van der Waals surface area contributed by atoms with Crippen LogP contribution in [0.5, 0.6) is 11.5 Å². The number of carbonyl (C=O) groups is 2. The summed E-state index contributed by atoms with van der Waals surface area (Å²) in [5, 5.41) is 2.81. The number of anilines is 1. The number of methoxy groups -OCH3 is 1. The Morgan fingerprint density at radius 3 is 2.43 bits per heavy atom. The van der Waals surface area contributed by atoms with Gasteiger partial charge in [-0.3, -0.25) is 13.9 Å². The first kappa shape index (κ1) is 28.0. The maximum absolute atomic E-state index is 13.6. The number of nitrogens with one attached hydrogen (secondary N) is 1. The predicted octanol–water partition coefficient (Wildman–Crippen LogP) is 2.80. The monoisotopic (exact) mass is 505 g/mol. The van der Waals surface area contributed by atoms with Gasteiger partial charge in [0.2, 0.25) is 21.8 Å². The third kappa shape index (κ3) is 7.88. The van der Waals surface area contributed by atoms with Crippen LogP contribution in [0.4, 0.5) is 5.69 Å². The number of sulfonamides is 1. The summed E-state index contributed by atoms with van der Waals surface area (Å²) in [5.41, 5.74) is 1.00. The zero-order valence-electron chi connectivity index (χ0n) is 21.0. The summed E-state index contributed by atoms with van der Waals surface area (Å²) in [6, 6.07) is 13.0. The number of benzene rings is 2. The lowest BCUT2D eigenvalue weighted by molar-refractivity contribution is -0.139. The first-order chi connectivity index (χ1) is 16.6.